The van der Waals surface area contributed by atoms with Gasteiger partial charge in [0.1, 0.15) is 0 Å². The van der Waals surface area contributed by atoms with E-state index in [1.807, 2.05) is 11.8 Å². The van der Waals surface area contributed by atoms with Gasteiger partial charge in [0.05, 0.1) is 12.1 Å². The van der Waals surface area contributed by atoms with Crippen molar-refractivity contribution >= 4 is 11.8 Å². The smallest absolute Gasteiger partial charge is 0.239 e. The molecule has 140 valence electrons. The number of piperazine rings is 1. The summed E-state index contributed by atoms with van der Waals surface area (Å²) in [4.78, 5) is 29.1. The van der Waals surface area contributed by atoms with Crippen LogP contribution in [-0.2, 0) is 9.59 Å². The predicted molar refractivity (Wildman–Crippen MR) is 93.8 cm³/mol. The van der Waals surface area contributed by atoms with E-state index < -0.39 is 0 Å². The number of aliphatic hydroxyl groups excluding tert-OH is 1. The minimum absolute atomic E-state index is 0.112. The van der Waals surface area contributed by atoms with Crippen molar-refractivity contribution < 1.29 is 14.7 Å². The normalized spacial score (nSPS) is 37.1. The molecule has 4 fully saturated rings. The SMILES string of the molecule is C[C@@H]1NC[C@@H]2CCC[C@H](CCC(=O)N3CCC4(CC4)[C@H](O)C3)N2C1=O. The van der Waals surface area contributed by atoms with Gasteiger partial charge in [0, 0.05) is 38.1 Å². The summed E-state index contributed by atoms with van der Waals surface area (Å²) in [6, 6.07) is 0.382. The van der Waals surface area contributed by atoms with Crippen LogP contribution in [0.3, 0.4) is 0 Å². The molecule has 6 nitrogen and oxygen atoms in total. The van der Waals surface area contributed by atoms with Crippen molar-refractivity contribution in [3.8, 4) is 0 Å². The Kier molecular flexibility index (Phi) is 4.52. The molecule has 2 N–H and O–H groups in total. The average molecular weight is 349 g/mol. The highest BCUT2D eigenvalue weighted by Crippen LogP contribution is 2.53. The lowest BCUT2D eigenvalue weighted by Gasteiger charge is -2.47. The summed E-state index contributed by atoms with van der Waals surface area (Å²) in [7, 11) is 0. The highest BCUT2D eigenvalue weighted by Gasteiger charge is 2.51. The average Bonchev–Trinajstić information content (AvgIpc) is 3.39. The number of hydrogen-bond acceptors (Lipinski definition) is 4. The molecular weight excluding hydrogens is 318 g/mol. The summed E-state index contributed by atoms with van der Waals surface area (Å²) in [6.45, 7) is 4.08. The van der Waals surface area contributed by atoms with Crippen molar-refractivity contribution in [3.05, 3.63) is 0 Å². The van der Waals surface area contributed by atoms with Crippen LogP contribution in [0, 0.1) is 5.41 Å². The van der Waals surface area contributed by atoms with Gasteiger partial charge in [-0.2, -0.15) is 0 Å². The minimum atomic E-state index is -0.347. The van der Waals surface area contributed by atoms with Gasteiger partial charge in [0.25, 0.3) is 0 Å². The van der Waals surface area contributed by atoms with Crippen molar-refractivity contribution in [3.63, 3.8) is 0 Å². The molecule has 3 saturated heterocycles. The van der Waals surface area contributed by atoms with Crippen LogP contribution in [0.5, 0.6) is 0 Å². The van der Waals surface area contributed by atoms with Gasteiger partial charge in [-0.25, -0.2) is 0 Å². The van der Waals surface area contributed by atoms with Gasteiger partial charge >= 0.3 is 0 Å². The highest BCUT2D eigenvalue weighted by atomic mass is 16.3. The molecule has 0 bridgehead atoms. The number of rotatable bonds is 3. The van der Waals surface area contributed by atoms with E-state index in [1.165, 1.54) is 0 Å². The molecule has 2 amide bonds. The summed E-state index contributed by atoms with van der Waals surface area (Å²) in [5.74, 6) is 0.338. The maximum absolute atomic E-state index is 12.6. The number of carbonyl (C=O) groups is 2. The summed E-state index contributed by atoms with van der Waals surface area (Å²) < 4.78 is 0. The van der Waals surface area contributed by atoms with Crippen molar-refractivity contribution in [2.45, 2.75) is 82.5 Å². The molecule has 1 spiro atoms. The van der Waals surface area contributed by atoms with Crippen LogP contribution in [-0.4, -0.2) is 70.6 Å². The fraction of sp³-hybridized carbons (Fsp3) is 0.895. The zero-order valence-corrected chi connectivity index (χ0v) is 15.2. The van der Waals surface area contributed by atoms with Crippen molar-refractivity contribution in [2.75, 3.05) is 19.6 Å². The second kappa shape index (κ2) is 6.54. The molecule has 3 aliphatic heterocycles. The number of aliphatic hydroxyl groups is 1. The summed E-state index contributed by atoms with van der Waals surface area (Å²) >= 11 is 0. The van der Waals surface area contributed by atoms with E-state index in [2.05, 4.69) is 10.2 Å². The molecule has 6 heteroatoms. The van der Waals surface area contributed by atoms with Gasteiger partial charge in [-0.15, -0.1) is 0 Å². The van der Waals surface area contributed by atoms with Crippen molar-refractivity contribution in [2.24, 2.45) is 5.41 Å². The molecule has 25 heavy (non-hydrogen) atoms. The van der Waals surface area contributed by atoms with Crippen LogP contribution in [0.1, 0.15) is 58.3 Å². The number of amides is 2. The third-order valence-corrected chi connectivity index (χ3v) is 7.06. The molecule has 4 rings (SSSR count). The molecule has 4 aliphatic rings. The Balaban J connectivity index is 1.32. The maximum Gasteiger partial charge on any atom is 0.239 e. The molecule has 1 aliphatic carbocycles. The number of hydrogen-bond donors (Lipinski definition) is 2. The van der Waals surface area contributed by atoms with Crippen molar-refractivity contribution in [1.82, 2.24) is 15.1 Å². The zero-order chi connectivity index (χ0) is 17.6. The Bertz CT molecular complexity index is 548. The largest absolute Gasteiger partial charge is 0.391 e. The fourth-order valence-electron chi connectivity index (χ4n) is 5.07. The molecule has 0 aromatic rings. The van der Waals surface area contributed by atoms with Gasteiger partial charge in [-0.1, -0.05) is 0 Å². The van der Waals surface area contributed by atoms with Crippen LogP contribution >= 0.6 is 0 Å². The molecular formula is C19H31N3O3. The van der Waals surface area contributed by atoms with Gasteiger partial charge in [-0.05, 0) is 57.3 Å². The summed E-state index contributed by atoms with van der Waals surface area (Å²) in [6.07, 6.45) is 7.28. The first-order valence-corrected chi connectivity index (χ1v) is 10.0. The number of fused-ring (bicyclic) bond motifs is 1. The van der Waals surface area contributed by atoms with E-state index in [0.29, 0.717) is 19.0 Å². The lowest BCUT2D eigenvalue weighted by Crippen LogP contribution is -2.63. The van der Waals surface area contributed by atoms with Gasteiger partial charge in [0.2, 0.25) is 11.8 Å². The summed E-state index contributed by atoms with van der Waals surface area (Å²) in [5.41, 5.74) is 0.136. The van der Waals surface area contributed by atoms with Crippen LogP contribution < -0.4 is 5.32 Å². The Morgan fingerprint density at radius 3 is 2.84 bits per heavy atom. The van der Waals surface area contributed by atoms with Gasteiger partial charge in [0.15, 0.2) is 0 Å². The first kappa shape index (κ1) is 17.3. The number of β-amino-alcohol motifs (C(OH)–C–C–N with tert-alkyl or cyclic N) is 1. The van der Waals surface area contributed by atoms with Crippen LogP contribution in [0.15, 0.2) is 0 Å². The number of carbonyl (C=O) groups excluding carboxylic acids is 2. The molecule has 0 aromatic heterocycles. The number of nitrogens with one attached hydrogen (secondary N) is 1. The lowest BCUT2D eigenvalue weighted by atomic mass is 9.89. The Morgan fingerprint density at radius 2 is 2.12 bits per heavy atom. The molecule has 0 unspecified atom stereocenters. The van der Waals surface area contributed by atoms with Crippen LogP contribution in [0.25, 0.3) is 0 Å². The van der Waals surface area contributed by atoms with Crippen LogP contribution in [0.2, 0.25) is 0 Å². The zero-order valence-electron chi connectivity index (χ0n) is 15.2. The Labute approximate surface area is 149 Å². The molecule has 0 radical (unpaired) electrons. The monoisotopic (exact) mass is 349 g/mol. The second-order valence-electron chi connectivity index (χ2n) is 8.62. The Morgan fingerprint density at radius 1 is 1.32 bits per heavy atom. The standard InChI is InChI=1S/C19H31N3O3/c1-13-18(25)22-14(3-2-4-15(22)11-20-13)5-6-17(24)21-10-9-19(7-8-19)16(23)12-21/h13-16,20,23H,2-12H2,1H3/t13-,14+,15-,16+/m0/s1. The minimum Gasteiger partial charge on any atom is -0.391 e. The highest BCUT2D eigenvalue weighted by molar-refractivity contribution is 5.83. The predicted octanol–water partition coefficient (Wildman–Crippen LogP) is 0.881. The molecule has 1 saturated carbocycles. The van der Waals surface area contributed by atoms with E-state index in [4.69, 9.17) is 0 Å². The first-order chi connectivity index (χ1) is 12.0. The van der Waals surface area contributed by atoms with E-state index >= 15 is 0 Å². The first-order valence-electron chi connectivity index (χ1n) is 10.0. The molecule has 0 aromatic carbocycles. The quantitative estimate of drug-likeness (QED) is 0.793. The second-order valence-corrected chi connectivity index (χ2v) is 8.62. The summed E-state index contributed by atoms with van der Waals surface area (Å²) in [5, 5.41) is 13.6. The lowest BCUT2D eigenvalue weighted by molar-refractivity contribution is -0.145. The fourth-order valence-corrected chi connectivity index (χ4v) is 5.07. The van der Waals surface area contributed by atoms with E-state index in [9.17, 15) is 14.7 Å². The van der Waals surface area contributed by atoms with E-state index in [1.54, 1.807) is 0 Å². The van der Waals surface area contributed by atoms with E-state index in [-0.39, 0.29) is 35.4 Å². The maximum atomic E-state index is 12.6. The molecule has 4 atom stereocenters. The van der Waals surface area contributed by atoms with Crippen LogP contribution in [0.4, 0.5) is 0 Å². The topological polar surface area (TPSA) is 72.9 Å². The molecule has 3 heterocycles. The number of piperidine rings is 2. The van der Waals surface area contributed by atoms with Gasteiger partial charge < -0.3 is 20.2 Å². The third-order valence-electron chi connectivity index (χ3n) is 7.06. The Hall–Kier alpha value is -1.14. The number of nitrogens with zero attached hydrogens (tertiary/aromatic N) is 2. The van der Waals surface area contributed by atoms with Crippen molar-refractivity contribution in [1.29, 1.82) is 0 Å². The third kappa shape index (κ3) is 3.19. The van der Waals surface area contributed by atoms with E-state index in [0.717, 1.165) is 58.0 Å². The van der Waals surface area contributed by atoms with Gasteiger partial charge in [-0.3, -0.25) is 9.59 Å². The number of likely N-dealkylation sites (tertiary alicyclic amines) is 1.